The van der Waals surface area contributed by atoms with Crippen LogP contribution in [0.15, 0.2) is 0 Å². The molecule has 0 bridgehead atoms. The summed E-state index contributed by atoms with van der Waals surface area (Å²) in [6.45, 7) is 4.37. The topological polar surface area (TPSA) is 63.2 Å². The third kappa shape index (κ3) is 5.25. The van der Waals surface area contributed by atoms with Crippen molar-refractivity contribution in [1.29, 1.82) is 0 Å². The van der Waals surface area contributed by atoms with E-state index in [4.69, 9.17) is 0 Å². The summed E-state index contributed by atoms with van der Waals surface area (Å²) in [5, 5.41) is 2.97. The highest BCUT2D eigenvalue weighted by molar-refractivity contribution is 7.92. The molecule has 1 amide bonds. The second kappa shape index (κ2) is 7.80. The van der Waals surface area contributed by atoms with Gasteiger partial charge in [-0.05, 0) is 37.0 Å². The van der Waals surface area contributed by atoms with Gasteiger partial charge in [-0.2, -0.15) is 0 Å². The van der Waals surface area contributed by atoms with Gasteiger partial charge in [-0.1, -0.05) is 46.0 Å². The third-order valence-electron chi connectivity index (χ3n) is 5.62. The van der Waals surface area contributed by atoms with E-state index in [2.05, 4.69) is 19.2 Å². The minimum Gasteiger partial charge on any atom is -0.352 e. The Morgan fingerprint density at radius 1 is 1.00 bits per heavy atom. The molecule has 1 N–H and O–H groups in total. The first-order chi connectivity index (χ1) is 10.4. The molecule has 2 fully saturated rings. The zero-order chi connectivity index (χ0) is 16.2. The Labute approximate surface area is 135 Å². The van der Waals surface area contributed by atoms with E-state index >= 15 is 0 Å². The maximum atomic E-state index is 12.2. The highest BCUT2D eigenvalue weighted by atomic mass is 32.2. The summed E-state index contributed by atoms with van der Waals surface area (Å²) in [7, 11) is -3.27. The highest BCUT2D eigenvalue weighted by Gasteiger charge is 2.30. The van der Waals surface area contributed by atoms with Gasteiger partial charge in [0.2, 0.25) is 5.91 Å². The van der Waals surface area contributed by atoms with E-state index in [1.54, 1.807) is 0 Å². The highest BCUT2D eigenvalue weighted by Crippen LogP contribution is 2.29. The second-order valence-electron chi connectivity index (χ2n) is 7.50. The molecule has 5 heteroatoms. The van der Waals surface area contributed by atoms with Crippen molar-refractivity contribution in [2.75, 3.05) is 11.5 Å². The van der Waals surface area contributed by atoms with Crippen molar-refractivity contribution in [3.05, 3.63) is 0 Å². The number of sulfone groups is 1. The normalized spacial score (nSPS) is 30.9. The van der Waals surface area contributed by atoms with E-state index in [1.165, 1.54) is 12.8 Å². The molecule has 0 heterocycles. The Morgan fingerprint density at radius 2 is 1.68 bits per heavy atom. The van der Waals surface area contributed by atoms with Crippen molar-refractivity contribution in [1.82, 2.24) is 5.32 Å². The van der Waals surface area contributed by atoms with Crippen molar-refractivity contribution in [2.24, 2.45) is 17.8 Å². The van der Waals surface area contributed by atoms with Crippen molar-refractivity contribution >= 4 is 15.7 Å². The lowest BCUT2D eigenvalue weighted by atomic mass is 9.78. The predicted octanol–water partition coefficient (Wildman–Crippen LogP) is 2.92. The van der Waals surface area contributed by atoms with Gasteiger partial charge in [0, 0.05) is 6.04 Å². The molecule has 0 aliphatic heterocycles. The van der Waals surface area contributed by atoms with Crippen LogP contribution in [0.2, 0.25) is 0 Å². The SMILES string of the molecule is C[C@H]1[C@H](C)CCC[C@H]1NC(=O)CS(=O)(=O)CC1CCCCC1. The molecule has 0 aromatic rings. The van der Waals surface area contributed by atoms with Gasteiger partial charge in [0.15, 0.2) is 9.84 Å². The van der Waals surface area contributed by atoms with Gasteiger partial charge in [0.25, 0.3) is 0 Å². The van der Waals surface area contributed by atoms with E-state index < -0.39 is 9.84 Å². The number of hydrogen-bond acceptors (Lipinski definition) is 3. The average molecular weight is 330 g/mol. The fourth-order valence-corrected chi connectivity index (χ4v) is 5.66. The Balaban J connectivity index is 1.82. The average Bonchev–Trinajstić information content (AvgIpc) is 2.43. The lowest BCUT2D eigenvalue weighted by Gasteiger charge is -2.34. The summed E-state index contributed by atoms with van der Waals surface area (Å²) in [6, 6.07) is 0.140. The molecule has 2 aliphatic rings. The lowest BCUT2D eigenvalue weighted by molar-refractivity contribution is -0.120. The molecule has 0 aromatic heterocycles. The number of rotatable bonds is 5. The quantitative estimate of drug-likeness (QED) is 0.843. The van der Waals surface area contributed by atoms with Crippen molar-refractivity contribution < 1.29 is 13.2 Å². The number of nitrogens with one attached hydrogen (secondary N) is 1. The van der Waals surface area contributed by atoms with Gasteiger partial charge < -0.3 is 5.32 Å². The van der Waals surface area contributed by atoms with Crippen LogP contribution < -0.4 is 5.32 Å². The maximum Gasteiger partial charge on any atom is 0.235 e. The zero-order valence-electron chi connectivity index (χ0n) is 14.0. The first-order valence-electron chi connectivity index (χ1n) is 8.87. The van der Waals surface area contributed by atoms with Crippen LogP contribution in [-0.4, -0.2) is 31.9 Å². The van der Waals surface area contributed by atoms with Gasteiger partial charge in [-0.3, -0.25) is 4.79 Å². The number of amides is 1. The molecular weight excluding hydrogens is 298 g/mol. The minimum atomic E-state index is -3.27. The van der Waals surface area contributed by atoms with E-state index in [-0.39, 0.29) is 29.4 Å². The van der Waals surface area contributed by atoms with E-state index in [1.807, 2.05) is 0 Å². The largest absolute Gasteiger partial charge is 0.352 e. The molecule has 0 aromatic carbocycles. The second-order valence-corrected chi connectivity index (χ2v) is 9.61. The molecule has 128 valence electrons. The van der Waals surface area contributed by atoms with Crippen LogP contribution in [0.25, 0.3) is 0 Å². The summed E-state index contributed by atoms with van der Waals surface area (Å²) in [6.07, 6.45) is 8.76. The summed E-state index contributed by atoms with van der Waals surface area (Å²) >= 11 is 0. The first kappa shape index (κ1) is 17.8. The van der Waals surface area contributed by atoms with Crippen LogP contribution in [0, 0.1) is 17.8 Å². The summed E-state index contributed by atoms with van der Waals surface area (Å²) < 4.78 is 24.5. The number of carbonyl (C=O) groups excluding carboxylic acids is 1. The molecule has 0 spiro atoms. The van der Waals surface area contributed by atoms with Gasteiger partial charge in [0.05, 0.1) is 5.75 Å². The molecule has 2 rings (SSSR count). The zero-order valence-corrected chi connectivity index (χ0v) is 14.8. The van der Waals surface area contributed by atoms with Crippen LogP contribution in [0.5, 0.6) is 0 Å². The molecular formula is C17H31NO3S. The fourth-order valence-electron chi connectivity index (χ4n) is 4.01. The predicted molar refractivity (Wildman–Crippen MR) is 89.3 cm³/mol. The fraction of sp³-hybridized carbons (Fsp3) is 0.941. The molecule has 0 saturated heterocycles. The van der Waals surface area contributed by atoms with Crippen molar-refractivity contribution in [2.45, 2.75) is 71.3 Å². The van der Waals surface area contributed by atoms with Gasteiger partial charge in [0.1, 0.15) is 5.75 Å². The molecule has 2 aliphatic carbocycles. The molecule has 4 nitrogen and oxygen atoms in total. The molecule has 3 atom stereocenters. The first-order valence-corrected chi connectivity index (χ1v) is 10.7. The van der Waals surface area contributed by atoms with Gasteiger partial charge >= 0.3 is 0 Å². The summed E-state index contributed by atoms with van der Waals surface area (Å²) in [5.41, 5.74) is 0. The smallest absolute Gasteiger partial charge is 0.235 e. The van der Waals surface area contributed by atoms with Gasteiger partial charge in [-0.15, -0.1) is 0 Å². The number of carbonyl (C=O) groups is 1. The summed E-state index contributed by atoms with van der Waals surface area (Å²) in [5.74, 6) is 0.844. The van der Waals surface area contributed by atoms with Crippen LogP contribution >= 0.6 is 0 Å². The maximum absolute atomic E-state index is 12.2. The third-order valence-corrected chi connectivity index (χ3v) is 7.30. The molecule has 0 unspecified atom stereocenters. The lowest BCUT2D eigenvalue weighted by Crippen LogP contribution is -2.46. The van der Waals surface area contributed by atoms with Gasteiger partial charge in [-0.25, -0.2) is 8.42 Å². The van der Waals surface area contributed by atoms with E-state index in [9.17, 15) is 13.2 Å². The Bertz CT molecular complexity index is 468. The standard InChI is InChI=1S/C17H31NO3S/c1-13-7-6-10-16(14(13)2)18-17(19)12-22(20,21)11-15-8-4-3-5-9-15/h13-16H,3-12H2,1-2H3,(H,18,19)/t13-,14+,16-/m1/s1. The molecule has 22 heavy (non-hydrogen) atoms. The van der Waals surface area contributed by atoms with Crippen molar-refractivity contribution in [3.8, 4) is 0 Å². The molecule has 2 saturated carbocycles. The van der Waals surface area contributed by atoms with Crippen LogP contribution in [0.3, 0.4) is 0 Å². The Hall–Kier alpha value is -0.580. The monoisotopic (exact) mass is 329 g/mol. The van der Waals surface area contributed by atoms with E-state index in [0.29, 0.717) is 11.8 Å². The number of hydrogen-bond donors (Lipinski definition) is 1. The Kier molecular flexibility index (Phi) is 6.30. The molecule has 0 radical (unpaired) electrons. The van der Waals surface area contributed by atoms with Crippen LogP contribution in [0.4, 0.5) is 0 Å². The minimum absolute atomic E-state index is 0.140. The Morgan fingerprint density at radius 3 is 2.36 bits per heavy atom. The van der Waals surface area contributed by atoms with Crippen molar-refractivity contribution in [3.63, 3.8) is 0 Å². The van der Waals surface area contributed by atoms with Crippen LogP contribution in [-0.2, 0) is 14.6 Å². The summed E-state index contributed by atoms with van der Waals surface area (Å²) in [4.78, 5) is 12.1. The van der Waals surface area contributed by atoms with Crippen LogP contribution in [0.1, 0.15) is 65.2 Å². The van der Waals surface area contributed by atoms with E-state index in [0.717, 1.165) is 38.5 Å².